The van der Waals surface area contributed by atoms with Crippen LogP contribution in [0.4, 0.5) is 13.0 Å². The number of phenols is 1. The molecule has 1 N–H and O–H groups in total. The molecule has 0 saturated heterocycles. The van der Waals surface area contributed by atoms with Crippen LogP contribution in [-0.4, -0.2) is 39.8 Å². The van der Waals surface area contributed by atoms with Gasteiger partial charge in [-0.05, 0) is 79.6 Å². The number of nitrogens with zero attached hydrogens (tertiary/aromatic N) is 2. The van der Waals surface area contributed by atoms with Gasteiger partial charge in [0, 0.05) is 23.4 Å². The van der Waals surface area contributed by atoms with Crippen LogP contribution in [0.25, 0.3) is 11.6 Å². The number of hydrogen-bond acceptors (Lipinski definition) is 3. The molecular formula is C28H24BF3N2O3. The van der Waals surface area contributed by atoms with E-state index >= 15 is 8.63 Å². The van der Waals surface area contributed by atoms with Crippen LogP contribution in [0.1, 0.15) is 45.4 Å². The number of aromatic nitrogens is 1. The van der Waals surface area contributed by atoms with Crippen molar-refractivity contribution in [2.45, 2.75) is 20.8 Å². The summed E-state index contributed by atoms with van der Waals surface area (Å²) in [5.74, 6) is -1.75. The lowest BCUT2D eigenvalue weighted by Gasteiger charge is -2.34. The lowest BCUT2D eigenvalue weighted by molar-refractivity contribution is -0.362. The zero-order valence-corrected chi connectivity index (χ0v) is 20.7. The highest BCUT2D eigenvalue weighted by atomic mass is 19.2. The van der Waals surface area contributed by atoms with Gasteiger partial charge < -0.3 is 27.4 Å². The molecule has 0 spiro atoms. The molecule has 5 nitrogen and oxygen atoms in total. The second-order valence-electron chi connectivity index (χ2n) is 9.23. The molecule has 2 aromatic carbocycles. The smallest absolute Gasteiger partial charge is 0.505 e. The highest BCUT2D eigenvalue weighted by Crippen LogP contribution is 2.44. The largest absolute Gasteiger partial charge is 0.737 e. The van der Waals surface area contributed by atoms with Gasteiger partial charge in [-0.3, -0.25) is 0 Å². The molecule has 0 amide bonds. The van der Waals surface area contributed by atoms with Crippen LogP contribution in [0.15, 0.2) is 72.0 Å². The first-order valence-corrected chi connectivity index (χ1v) is 11.7. The molecular weight excluding hydrogens is 480 g/mol. The zero-order valence-electron chi connectivity index (χ0n) is 20.7. The highest BCUT2D eigenvalue weighted by Gasteiger charge is 2.55. The summed E-state index contributed by atoms with van der Waals surface area (Å²) < 4.78 is 52.9. The number of phenolic OH excluding ortho intramolecular Hbond substituents is 1. The summed E-state index contributed by atoms with van der Waals surface area (Å²) in [6, 6.07) is 12.3. The van der Waals surface area contributed by atoms with Gasteiger partial charge in [0.1, 0.15) is 0 Å². The van der Waals surface area contributed by atoms with Crippen molar-refractivity contribution in [1.29, 1.82) is 0 Å². The molecule has 9 heteroatoms. The molecule has 1 aromatic heterocycles. The van der Waals surface area contributed by atoms with Crippen molar-refractivity contribution in [3.63, 3.8) is 0 Å². The maximum atomic E-state index is 16.3. The Morgan fingerprint density at radius 2 is 1.76 bits per heavy atom. The number of fused-ring (bicyclic) bond motifs is 2. The first kappa shape index (κ1) is 24.4. The van der Waals surface area contributed by atoms with Gasteiger partial charge >= 0.3 is 12.9 Å². The fourth-order valence-electron chi connectivity index (χ4n) is 5.20. The van der Waals surface area contributed by atoms with Crippen molar-refractivity contribution < 1.29 is 32.1 Å². The Morgan fingerprint density at radius 3 is 2.41 bits per heavy atom. The Morgan fingerprint density at radius 1 is 1.05 bits per heavy atom. The van der Waals surface area contributed by atoms with E-state index in [0.29, 0.717) is 44.9 Å². The van der Waals surface area contributed by atoms with Gasteiger partial charge in [-0.15, -0.1) is 0 Å². The number of carbonyl (C=O) groups is 1. The lowest BCUT2D eigenvalue weighted by atomic mass is 9.83. The third kappa shape index (κ3) is 3.82. The maximum Gasteiger partial charge on any atom is 0.737 e. The van der Waals surface area contributed by atoms with E-state index in [1.807, 2.05) is 6.92 Å². The number of rotatable bonds is 4. The molecule has 2 aliphatic heterocycles. The molecule has 0 saturated carbocycles. The Labute approximate surface area is 212 Å². The summed E-state index contributed by atoms with van der Waals surface area (Å²) in [4.78, 5) is 11.9. The molecule has 2 aliphatic rings. The number of methoxy groups -OCH3 is 1. The van der Waals surface area contributed by atoms with Crippen molar-refractivity contribution >= 4 is 30.3 Å². The quantitative estimate of drug-likeness (QED) is 0.358. The molecule has 188 valence electrons. The number of allylic oxidation sites excluding steroid dienone is 3. The normalized spacial score (nSPS) is 16.2. The number of esters is 1. The average molecular weight is 504 g/mol. The lowest BCUT2D eigenvalue weighted by Crippen LogP contribution is -2.51. The fourth-order valence-corrected chi connectivity index (χ4v) is 5.20. The predicted molar refractivity (Wildman–Crippen MR) is 137 cm³/mol. The van der Waals surface area contributed by atoms with Gasteiger partial charge in [0.2, 0.25) is 0 Å². The number of aryl methyl sites for hydroxylation is 2. The minimum absolute atomic E-state index is 0.265. The standard InChI is InChI=1S/C28H24BF3N2O3/c1-16-13-18(3)33-26(16)25(20-7-9-21(10-8-20)28(36)37-4)27-17(2)14-22(34(27)29(33,31)32)11-5-19-6-12-23(30)24(35)15-19/h5-15,35H,1-4H3/b11-5+. The Kier molecular flexibility index (Phi) is 5.74. The summed E-state index contributed by atoms with van der Waals surface area (Å²) in [5, 5.41) is 9.68. The Hall–Kier alpha value is -4.27. The van der Waals surface area contributed by atoms with Gasteiger partial charge in [-0.25, -0.2) is 9.18 Å². The van der Waals surface area contributed by atoms with Crippen LogP contribution in [0.3, 0.4) is 0 Å². The van der Waals surface area contributed by atoms with E-state index in [0.717, 1.165) is 20.6 Å². The zero-order chi connectivity index (χ0) is 26.6. The van der Waals surface area contributed by atoms with Crippen molar-refractivity contribution in [3.05, 3.63) is 111 Å². The fraction of sp³-hybridized carbons (Fsp3) is 0.143. The predicted octanol–water partition coefficient (Wildman–Crippen LogP) is 5.86. The second-order valence-corrected chi connectivity index (χ2v) is 9.23. The minimum atomic E-state index is -4.25. The van der Waals surface area contributed by atoms with Gasteiger partial charge in [0.05, 0.1) is 18.2 Å². The highest BCUT2D eigenvalue weighted by molar-refractivity contribution is 6.58. The molecule has 37 heavy (non-hydrogen) atoms. The number of hydrogen-bond donors (Lipinski definition) is 1. The first-order valence-electron chi connectivity index (χ1n) is 11.7. The molecule has 3 heterocycles. The third-order valence-corrected chi connectivity index (χ3v) is 6.78. The summed E-state index contributed by atoms with van der Waals surface area (Å²) in [6.07, 6.45) is 4.78. The number of ether oxygens (including phenoxy) is 1. The van der Waals surface area contributed by atoms with Crippen LogP contribution >= 0.6 is 0 Å². The van der Waals surface area contributed by atoms with Crippen molar-refractivity contribution in [3.8, 4) is 5.75 Å². The van der Waals surface area contributed by atoms with Gasteiger partial charge in [0.25, 0.3) is 0 Å². The number of halogens is 3. The Bertz CT molecular complexity index is 1600. The van der Waals surface area contributed by atoms with E-state index < -0.39 is 24.5 Å². The summed E-state index contributed by atoms with van der Waals surface area (Å²) in [6.45, 7) is 0.993. The van der Waals surface area contributed by atoms with Crippen molar-refractivity contribution in [2.75, 3.05) is 7.11 Å². The van der Waals surface area contributed by atoms with E-state index in [-0.39, 0.29) is 5.71 Å². The van der Waals surface area contributed by atoms with Crippen LogP contribution in [-0.2, 0) is 4.74 Å². The van der Waals surface area contributed by atoms with Gasteiger partial charge in [-0.1, -0.05) is 18.2 Å². The topological polar surface area (TPSA) is 54.5 Å². The van der Waals surface area contributed by atoms with E-state index in [9.17, 15) is 14.3 Å². The molecule has 0 bridgehead atoms. The first-order chi connectivity index (χ1) is 17.5. The third-order valence-electron chi connectivity index (χ3n) is 6.78. The van der Waals surface area contributed by atoms with E-state index in [1.165, 1.54) is 25.3 Å². The molecule has 5 rings (SSSR count). The van der Waals surface area contributed by atoms with Crippen LogP contribution < -0.4 is 0 Å². The Balaban J connectivity index is 1.75. The van der Waals surface area contributed by atoms with Crippen LogP contribution in [0.2, 0.25) is 0 Å². The van der Waals surface area contributed by atoms with Crippen LogP contribution in [0.5, 0.6) is 5.75 Å². The van der Waals surface area contributed by atoms with Gasteiger partial charge in [0.15, 0.2) is 23.0 Å². The molecule has 0 unspecified atom stereocenters. The van der Waals surface area contributed by atoms with Crippen molar-refractivity contribution in [2.24, 2.45) is 0 Å². The minimum Gasteiger partial charge on any atom is -0.505 e. The van der Waals surface area contributed by atoms with Crippen molar-refractivity contribution in [1.82, 2.24) is 4.48 Å². The van der Waals surface area contributed by atoms with E-state index in [1.54, 1.807) is 56.3 Å². The summed E-state index contributed by atoms with van der Waals surface area (Å²) >= 11 is 0. The summed E-state index contributed by atoms with van der Waals surface area (Å²) in [7, 11) is 1.30. The molecule has 0 atom stereocenters. The van der Waals surface area contributed by atoms with E-state index in [4.69, 9.17) is 4.74 Å². The SMILES string of the molecule is COC(=O)c1ccc(C2=C3C(C)=CC(/C=C/c4ccc(F)c(O)c4)=[N+]3[B-](F)(F)n3c(C)cc(C)c32)cc1. The second kappa shape index (κ2) is 8.69. The number of carbonyl (C=O) groups excluding carboxylic acids is 1. The average Bonchev–Trinajstić information content (AvgIpc) is 3.36. The molecule has 0 aliphatic carbocycles. The molecule has 3 aromatic rings. The number of aromatic hydroxyl groups is 1. The molecule has 0 radical (unpaired) electrons. The van der Waals surface area contributed by atoms with Crippen LogP contribution in [0, 0.1) is 19.7 Å². The summed E-state index contributed by atoms with van der Waals surface area (Å²) in [5.41, 5.74) is 5.02. The maximum absolute atomic E-state index is 16.3. The number of benzene rings is 2. The monoisotopic (exact) mass is 504 g/mol. The molecule has 0 fully saturated rings. The van der Waals surface area contributed by atoms with E-state index in [2.05, 4.69) is 0 Å². The van der Waals surface area contributed by atoms with Gasteiger partial charge in [-0.2, -0.15) is 0 Å².